The second kappa shape index (κ2) is 5.03. The van der Waals surface area contributed by atoms with Crippen LogP contribution in [0.25, 0.3) is 11.1 Å². The van der Waals surface area contributed by atoms with Gasteiger partial charge in [-0.1, -0.05) is 48.0 Å². The van der Waals surface area contributed by atoms with E-state index in [9.17, 15) is 0 Å². The van der Waals surface area contributed by atoms with Crippen molar-refractivity contribution in [1.29, 1.82) is 0 Å². The van der Waals surface area contributed by atoms with Crippen LogP contribution >= 0.6 is 0 Å². The van der Waals surface area contributed by atoms with Gasteiger partial charge in [-0.2, -0.15) is 0 Å². The van der Waals surface area contributed by atoms with E-state index in [1.165, 1.54) is 39.3 Å². The van der Waals surface area contributed by atoms with Gasteiger partial charge in [0.15, 0.2) is 0 Å². The van der Waals surface area contributed by atoms with Crippen LogP contribution in [0.4, 0.5) is 0 Å². The molecule has 3 aromatic carbocycles. The number of aryl methyl sites for hydroxylation is 1. The molecule has 0 aliphatic heterocycles. The second-order valence-electron chi connectivity index (χ2n) is 6.71. The summed E-state index contributed by atoms with van der Waals surface area (Å²) < 4.78 is 0. The fourth-order valence-electron chi connectivity index (χ4n) is 3.93. The Balaban J connectivity index is 2.03. The van der Waals surface area contributed by atoms with E-state index < -0.39 is 0 Å². The highest BCUT2D eigenvalue weighted by Crippen LogP contribution is 2.52. The lowest BCUT2D eigenvalue weighted by Crippen LogP contribution is -2.34. The Bertz CT molecular complexity index is 857. The monoisotopic (exact) mass is 297 g/mol. The van der Waals surface area contributed by atoms with Gasteiger partial charge in [0.05, 0.1) is 11.0 Å². The highest BCUT2D eigenvalue weighted by atomic mass is 14.4. The average molecular weight is 297 g/mol. The molecule has 0 spiro atoms. The number of benzene rings is 3. The summed E-state index contributed by atoms with van der Waals surface area (Å²) in [6, 6.07) is 26.6. The molecule has 0 heterocycles. The molecule has 1 atom stereocenters. The summed E-state index contributed by atoms with van der Waals surface area (Å²) in [5.41, 5.74) is 8.07. The maximum atomic E-state index is 2.36. The molecule has 112 valence electrons. The van der Waals surface area contributed by atoms with Crippen LogP contribution in [-0.4, -0.2) is 0 Å². The fourth-order valence-corrected chi connectivity index (χ4v) is 3.93. The molecule has 4 rings (SSSR count). The van der Waals surface area contributed by atoms with Gasteiger partial charge in [0.25, 0.3) is 0 Å². The van der Waals surface area contributed by atoms with Gasteiger partial charge >= 0.3 is 0 Å². The molecule has 1 aliphatic rings. The maximum Gasteiger partial charge on any atom is 0.141 e. The van der Waals surface area contributed by atoms with Crippen molar-refractivity contribution in [2.75, 3.05) is 0 Å². The van der Waals surface area contributed by atoms with E-state index in [2.05, 4.69) is 93.6 Å². The van der Waals surface area contributed by atoms with Crippen molar-refractivity contribution in [3.63, 3.8) is 0 Å². The first-order valence-corrected chi connectivity index (χ1v) is 8.23. The van der Waals surface area contributed by atoms with Gasteiger partial charge in [0.1, 0.15) is 5.56 Å². The lowest BCUT2D eigenvalue weighted by molar-refractivity contribution is 0.602. The average Bonchev–Trinajstić information content (AvgIpc) is 2.60. The smallest absolute Gasteiger partial charge is 0.0618 e. The molecule has 23 heavy (non-hydrogen) atoms. The van der Waals surface area contributed by atoms with E-state index in [4.69, 9.17) is 0 Å². The lowest BCUT2D eigenvalue weighted by Gasteiger charge is -2.37. The lowest BCUT2D eigenvalue weighted by atomic mass is 9.60. The minimum atomic E-state index is -0.0847. The second-order valence-corrected chi connectivity index (χ2v) is 6.71. The topological polar surface area (TPSA) is 0 Å². The van der Waals surface area contributed by atoms with Gasteiger partial charge in [-0.05, 0) is 37.6 Å². The third-order valence-corrected chi connectivity index (χ3v) is 5.47. The van der Waals surface area contributed by atoms with Crippen molar-refractivity contribution in [1.82, 2.24) is 0 Å². The molecular weight excluding hydrogens is 276 g/mol. The zero-order valence-electron chi connectivity index (χ0n) is 13.9. The zero-order chi connectivity index (χ0) is 16.0. The Labute approximate surface area is 138 Å². The van der Waals surface area contributed by atoms with Crippen LogP contribution < -0.4 is 0 Å². The molecule has 0 saturated carbocycles. The van der Waals surface area contributed by atoms with Gasteiger partial charge in [-0.25, -0.2) is 0 Å². The van der Waals surface area contributed by atoms with Crippen LogP contribution in [0.5, 0.6) is 0 Å². The molecule has 0 heteroatoms. The SMILES string of the molecule is Cc1ccc(C2(C)c3ccccc3-c3ccccc3[C+]2C)cc1. The maximum absolute atomic E-state index is 2.36. The van der Waals surface area contributed by atoms with E-state index in [0.717, 1.165) is 0 Å². The standard InChI is InChI=1S/C23H21/c1-16-12-14-18(15-13-16)23(3)17(2)19-8-4-5-9-20(19)21-10-6-7-11-22(21)23/h4-15H,1-3H3/q+1. The summed E-state index contributed by atoms with van der Waals surface area (Å²) in [5, 5.41) is 0. The highest BCUT2D eigenvalue weighted by molar-refractivity contribution is 5.81. The number of rotatable bonds is 1. The van der Waals surface area contributed by atoms with Crippen molar-refractivity contribution in [3.05, 3.63) is 101 Å². The first-order valence-electron chi connectivity index (χ1n) is 8.23. The molecule has 0 amide bonds. The van der Waals surface area contributed by atoms with Gasteiger partial charge in [0, 0.05) is 36.1 Å². The predicted octanol–water partition coefficient (Wildman–Crippen LogP) is 5.92. The minimum absolute atomic E-state index is 0.0847. The molecule has 3 aromatic rings. The van der Waals surface area contributed by atoms with Crippen LogP contribution in [0, 0.1) is 12.8 Å². The largest absolute Gasteiger partial charge is 0.141 e. The molecule has 0 bridgehead atoms. The van der Waals surface area contributed by atoms with E-state index >= 15 is 0 Å². The van der Waals surface area contributed by atoms with Crippen molar-refractivity contribution < 1.29 is 0 Å². The van der Waals surface area contributed by atoms with E-state index in [-0.39, 0.29) is 5.41 Å². The molecule has 0 aromatic heterocycles. The Morgan fingerprint density at radius 1 is 0.739 bits per heavy atom. The summed E-state index contributed by atoms with van der Waals surface area (Å²) in [6.07, 6.45) is 0. The van der Waals surface area contributed by atoms with E-state index in [0.29, 0.717) is 0 Å². The van der Waals surface area contributed by atoms with Crippen LogP contribution in [0.1, 0.15) is 36.1 Å². The van der Waals surface area contributed by atoms with Crippen LogP contribution in [-0.2, 0) is 5.41 Å². The third kappa shape index (κ3) is 1.95. The van der Waals surface area contributed by atoms with E-state index in [1.54, 1.807) is 0 Å². The van der Waals surface area contributed by atoms with E-state index in [1.807, 2.05) is 0 Å². The van der Waals surface area contributed by atoms with Gasteiger partial charge in [0.2, 0.25) is 0 Å². The molecule has 0 saturated heterocycles. The Hall–Kier alpha value is -2.47. The first kappa shape index (κ1) is 14.1. The van der Waals surface area contributed by atoms with Crippen molar-refractivity contribution in [2.45, 2.75) is 26.2 Å². The Morgan fingerprint density at radius 3 is 2.09 bits per heavy atom. The Kier molecular flexibility index (Phi) is 3.09. The molecular formula is C23H21+. The highest BCUT2D eigenvalue weighted by Gasteiger charge is 2.47. The molecule has 0 fully saturated rings. The molecule has 0 nitrogen and oxygen atoms in total. The predicted molar refractivity (Wildman–Crippen MR) is 97.5 cm³/mol. The van der Waals surface area contributed by atoms with Crippen molar-refractivity contribution >= 4 is 0 Å². The van der Waals surface area contributed by atoms with Crippen LogP contribution in [0.15, 0.2) is 72.8 Å². The summed E-state index contributed by atoms with van der Waals surface area (Å²) in [7, 11) is 0. The van der Waals surface area contributed by atoms with Crippen molar-refractivity contribution in [3.8, 4) is 11.1 Å². The Morgan fingerprint density at radius 2 is 1.35 bits per heavy atom. The summed E-state index contributed by atoms with van der Waals surface area (Å²) in [4.78, 5) is 0. The normalized spacial score (nSPS) is 19.2. The molecule has 1 aliphatic carbocycles. The number of hydrogen-bond acceptors (Lipinski definition) is 0. The number of hydrogen-bond donors (Lipinski definition) is 0. The quantitative estimate of drug-likeness (QED) is 0.489. The molecule has 1 unspecified atom stereocenters. The van der Waals surface area contributed by atoms with Crippen molar-refractivity contribution in [2.24, 2.45) is 0 Å². The minimum Gasteiger partial charge on any atom is -0.0618 e. The molecule has 0 radical (unpaired) electrons. The van der Waals surface area contributed by atoms with Crippen LogP contribution in [0.3, 0.4) is 0 Å². The third-order valence-electron chi connectivity index (χ3n) is 5.47. The zero-order valence-corrected chi connectivity index (χ0v) is 13.9. The first-order chi connectivity index (χ1) is 11.1. The summed E-state index contributed by atoms with van der Waals surface area (Å²) in [5.74, 6) is 1.43. The van der Waals surface area contributed by atoms with Gasteiger partial charge < -0.3 is 0 Å². The van der Waals surface area contributed by atoms with Crippen LogP contribution in [0.2, 0.25) is 0 Å². The van der Waals surface area contributed by atoms with Gasteiger partial charge in [-0.15, -0.1) is 0 Å². The fraction of sp³-hybridized carbons (Fsp3) is 0.174. The van der Waals surface area contributed by atoms with Gasteiger partial charge in [-0.3, -0.25) is 0 Å². The molecule has 0 N–H and O–H groups in total. The number of fused-ring (bicyclic) bond motifs is 3. The summed E-state index contributed by atoms with van der Waals surface area (Å²) in [6.45, 7) is 6.79. The summed E-state index contributed by atoms with van der Waals surface area (Å²) >= 11 is 0.